The van der Waals surface area contributed by atoms with E-state index in [-0.39, 0.29) is 17.9 Å². The molecule has 2 amide bonds. The summed E-state index contributed by atoms with van der Waals surface area (Å²) in [5.41, 5.74) is 4.89. The van der Waals surface area contributed by atoms with Crippen LogP contribution in [0.5, 0.6) is 5.75 Å². The van der Waals surface area contributed by atoms with Gasteiger partial charge in [0.05, 0.1) is 11.3 Å². The zero-order valence-electron chi connectivity index (χ0n) is 12.9. The average Bonchev–Trinajstić information content (AvgIpc) is 2.60. The molecule has 0 aliphatic rings. The van der Waals surface area contributed by atoms with Gasteiger partial charge in [0, 0.05) is 11.1 Å². The van der Waals surface area contributed by atoms with Crippen LogP contribution in [0.3, 0.4) is 0 Å². The van der Waals surface area contributed by atoms with E-state index in [2.05, 4.69) is 10.9 Å². The number of halogens is 1. The number of para-hydroxylation sites is 2. The lowest BCUT2D eigenvalue weighted by atomic mass is 10.1. The lowest BCUT2D eigenvalue weighted by molar-refractivity contribution is -0.385. The van der Waals surface area contributed by atoms with Gasteiger partial charge < -0.3 is 4.74 Å². The highest BCUT2D eigenvalue weighted by Crippen LogP contribution is 2.25. The first-order chi connectivity index (χ1) is 12.0. The standard InChI is InChI=1S/C16H14ClN3O5/c17-12-7-5-11(6-8-12)9-15(21)18-19-16(22)10-25-14-4-2-1-3-13(14)20(23)24/h1-8H,9-10H2,(H,18,21)(H,19,22). The second kappa shape index (κ2) is 8.65. The first-order valence-corrected chi connectivity index (χ1v) is 7.52. The minimum absolute atomic E-state index is 0.0323. The molecular weight excluding hydrogens is 350 g/mol. The Kier molecular flexibility index (Phi) is 6.30. The summed E-state index contributed by atoms with van der Waals surface area (Å²) in [6.07, 6.45) is 0.0580. The zero-order chi connectivity index (χ0) is 18.2. The number of ether oxygens (including phenoxy) is 1. The first-order valence-electron chi connectivity index (χ1n) is 7.14. The number of hydrazine groups is 1. The van der Waals surface area contributed by atoms with Crippen molar-refractivity contribution < 1.29 is 19.2 Å². The molecule has 0 saturated carbocycles. The summed E-state index contributed by atoms with van der Waals surface area (Å²) < 4.78 is 5.10. The Morgan fingerprint density at radius 1 is 1.04 bits per heavy atom. The van der Waals surface area contributed by atoms with Gasteiger partial charge >= 0.3 is 5.69 Å². The lowest BCUT2D eigenvalue weighted by Gasteiger charge is -2.09. The fourth-order valence-electron chi connectivity index (χ4n) is 1.88. The topological polar surface area (TPSA) is 111 Å². The zero-order valence-corrected chi connectivity index (χ0v) is 13.7. The van der Waals surface area contributed by atoms with Crippen molar-refractivity contribution in [3.05, 3.63) is 69.2 Å². The van der Waals surface area contributed by atoms with Gasteiger partial charge in [-0.05, 0) is 23.8 Å². The molecule has 0 fully saturated rings. The monoisotopic (exact) mass is 363 g/mol. The molecule has 0 atom stereocenters. The second-order valence-corrected chi connectivity index (χ2v) is 5.35. The van der Waals surface area contributed by atoms with Gasteiger partial charge in [-0.3, -0.25) is 30.6 Å². The second-order valence-electron chi connectivity index (χ2n) is 4.91. The molecule has 0 aromatic heterocycles. The Labute approximate surface area is 147 Å². The fourth-order valence-corrected chi connectivity index (χ4v) is 2.01. The van der Waals surface area contributed by atoms with E-state index in [1.165, 1.54) is 18.2 Å². The summed E-state index contributed by atoms with van der Waals surface area (Å²) in [4.78, 5) is 33.6. The third-order valence-electron chi connectivity index (χ3n) is 3.04. The average molecular weight is 364 g/mol. The van der Waals surface area contributed by atoms with Crippen LogP contribution >= 0.6 is 11.6 Å². The molecule has 25 heavy (non-hydrogen) atoms. The summed E-state index contributed by atoms with van der Waals surface area (Å²) in [6.45, 7) is -0.480. The van der Waals surface area contributed by atoms with Crippen molar-refractivity contribution >= 4 is 29.1 Å². The maximum absolute atomic E-state index is 11.7. The van der Waals surface area contributed by atoms with Gasteiger partial charge in [-0.25, -0.2) is 0 Å². The van der Waals surface area contributed by atoms with Gasteiger partial charge in [-0.2, -0.15) is 0 Å². The highest BCUT2D eigenvalue weighted by molar-refractivity contribution is 6.30. The van der Waals surface area contributed by atoms with Crippen LogP contribution in [0, 0.1) is 10.1 Å². The molecule has 0 radical (unpaired) electrons. The predicted molar refractivity (Wildman–Crippen MR) is 90.0 cm³/mol. The van der Waals surface area contributed by atoms with E-state index in [9.17, 15) is 19.7 Å². The number of rotatable bonds is 6. The molecule has 2 N–H and O–H groups in total. The molecule has 0 unspecified atom stereocenters. The van der Waals surface area contributed by atoms with Crippen LogP contribution < -0.4 is 15.6 Å². The Bertz CT molecular complexity index is 780. The predicted octanol–water partition coefficient (Wildman–Crippen LogP) is 2.02. The van der Waals surface area contributed by atoms with Crippen LogP contribution in [0.1, 0.15) is 5.56 Å². The molecule has 2 aromatic rings. The Morgan fingerprint density at radius 3 is 2.36 bits per heavy atom. The fraction of sp³-hybridized carbons (Fsp3) is 0.125. The van der Waals surface area contributed by atoms with Crippen LogP contribution in [0.25, 0.3) is 0 Å². The van der Waals surface area contributed by atoms with Gasteiger partial charge in [0.25, 0.3) is 5.91 Å². The minimum atomic E-state index is -0.650. The summed E-state index contributed by atoms with van der Waals surface area (Å²) in [6, 6.07) is 12.4. The molecule has 2 aromatic carbocycles. The molecule has 8 nitrogen and oxygen atoms in total. The van der Waals surface area contributed by atoms with E-state index in [0.717, 1.165) is 5.56 Å². The summed E-state index contributed by atoms with van der Waals surface area (Å²) in [7, 11) is 0. The molecular formula is C16H14ClN3O5. The highest BCUT2D eigenvalue weighted by Gasteiger charge is 2.15. The lowest BCUT2D eigenvalue weighted by Crippen LogP contribution is -2.44. The van der Waals surface area contributed by atoms with E-state index in [0.29, 0.717) is 5.02 Å². The van der Waals surface area contributed by atoms with Gasteiger partial charge in [0.2, 0.25) is 5.91 Å². The van der Waals surface area contributed by atoms with E-state index in [1.807, 2.05) is 0 Å². The van der Waals surface area contributed by atoms with Crippen molar-refractivity contribution in [1.29, 1.82) is 0 Å². The van der Waals surface area contributed by atoms with E-state index >= 15 is 0 Å². The van der Waals surface area contributed by atoms with Crippen molar-refractivity contribution in [3.63, 3.8) is 0 Å². The molecule has 9 heteroatoms. The number of benzene rings is 2. The Balaban J connectivity index is 1.78. The van der Waals surface area contributed by atoms with Crippen LogP contribution in [0.4, 0.5) is 5.69 Å². The number of nitro benzene ring substituents is 1. The number of nitrogens with one attached hydrogen (secondary N) is 2. The van der Waals surface area contributed by atoms with Crippen molar-refractivity contribution in [1.82, 2.24) is 10.9 Å². The Morgan fingerprint density at radius 2 is 1.68 bits per heavy atom. The number of hydrogen-bond donors (Lipinski definition) is 2. The summed E-state index contributed by atoms with van der Waals surface area (Å²) in [5.74, 6) is -1.11. The smallest absolute Gasteiger partial charge is 0.310 e. The molecule has 0 heterocycles. The third kappa shape index (κ3) is 5.78. The summed E-state index contributed by atoms with van der Waals surface area (Å²) >= 11 is 5.75. The normalized spacial score (nSPS) is 9.96. The van der Waals surface area contributed by atoms with E-state index in [1.54, 1.807) is 30.3 Å². The van der Waals surface area contributed by atoms with Crippen LogP contribution in [0.2, 0.25) is 5.02 Å². The maximum Gasteiger partial charge on any atom is 0.310 e. The molecule has 2 rings (SSSR count). The maximum atomic E-state index is 11.7. The first kappa shape index (κ1) is 18.2. The summed E-state index contributed by atoms with van der Waals surface area (Å²) in [5, 5.41) is 11.4. The SMILES string of the molecule is O=C(COc1ccccc1[N+](=O)[O-])NNC(=O)Cc1ccc(Cl)cc1. The van der Waals surface area contributed by atoms with Gasteiger partial charge in [0.15, 0.2) is 12.4 Å². The van der Waals surface area contributed by atoms with Crippen LogP contribution in [0.15, 0.2) is 48.5 Å². The number of carbonyl (C=O) groups excluding carboxylic acids is 2. The third-order valence-corrected chi connectivity index (χ3v) is 3.29. The van der Waals surface area contributed by atoms with Gasteiger partial charge in [0.1, 0.15) is 0 Å². The number of nitrogens with zero attached hydrogens (tertiary/aromatic N) is 1. The largest absolute Gasteiger partial charge is 0.477 e. The molecule has 0 aliphatic heterocycles. The van der Waals surface area contributed by atoms with Crippen molar-refractivity contribution in [2.45, 2.75) is 6.42 Å². The molecule has 130 valence electrons. The molecule has 0 spiro atoms. The van der Waals surface area contributed by atoms with Crippen molar-refractivity contribution in [3.8, 4) is 5.75 Å². The van der Waals surface area contributed by atoms with Crippen molar-refractivity contribution in [2.75, 3.05) is 6.61 Å². The Hall–Kier alpha value is -3.13. The molecule has 0 aliphatic carbocycles. The van der Waals surface area contributed by atoms with Crippen LogP contribution in [-0.4, -0.2) is 23.3 Å². The number of nitro groups is 1. The van der Waals surface area contributed by atoms with E-state index < -0.39 is 23.3 Å². The van der Waals surface area contributed by atoms with Gasteiger partial charge in [-0.1, -0.05) is 35.9 Å². The number of amides is 2. The minimum Gasteiger partial charge on any atom is -0.477 e. The van der Waals surface area contributed by atoms with Crippen LogP contribution in [-0.2, 0) is 16.0 Å². The van der Waals surface area contributed by atoms with E-state index in [4.69, 9.17) is 16.3 Å². The molecule has 0 bridgehead atoms. The number of hydrogen-bond acceptors (Lipinski definition) is 5. The quantitative estimate of drug-likeness (QED) is 0.602. The van der Waals surface area contributed by atoms with Gasteiger partial charge in [-0.15, -0.1) is 0 Å². The van der Waals surface area contributed by atoms with Crippen molar-refractivity contribution in [2.24, 2.45) is 0 Å². The number of carbonyl (C=O) groups is 2. The molecule has 0 saturated heterocycles. The highest BCUT2D eigenvalue weighted by atomic mass is 35.5.